The zero-order chi connectivity index (χ0) is 42.8. The first-order valence-corrected chi connectivity index (χ1v) is 20.4. The first-order chi connectivity index (χ1) is 27.9. The van der Waals surface area contributed by atoms with E-state index in [0.717, 1.165) is 62.1 Å². The van der Waals surface area contributed by atoms with Crippen LogP contribution in [0.1, 0.15) is 122 Å². The van der Waals surface area contributed by atoms with Crippen LogP contribution in [-0.4, -0.2) is 131 Å². The lowest BCUT2D eigenvalue weighted by Crippen LogP contribution is -2.42. The molecule has 0 spiro atoms. The highest BCUT2D eigenvalue weighted by atomic mass is 16.7. The lowest BCUT2D eigenvalue weighted by atomic mass is 10.0. The van der Waals surface area contributed by atoms with E-state index in [9.17, 15) is 44.1 Å². The van der Waals surface area contributed by atoms with Gasteiger partial charge in [0.15, 0.2) is 0 Å². The van der Waals surface area contributed by atoms with Crippen molar-refractivity contribution in [3.63, 3.8) is 0 Å². The summed E-state index contributed by atoms with van der Waals surface area (Å²) in [4.78, 5) is 81.1. The summed E-state index contributed by atoms with van der Waals surface area (Å²) in [6.07, 6.45) is 15.1. The molecule has 1 aromatic heterocycles. The molecule has 0 aliphatic rings. The lowest BCUT2D eigenvalue weighted by Gasteiger charge is -2.21. The average Bonchev–Trinajstić information content (AvgIpc) is 3.50. The van der Waals surface area contributed by atoms with Gasteiger partial charge in [0.25, 0.3) is 0 Å². The number of amides is 3. The van der Waals surface area contributed by atoms with E-state index in [1.54, 1.807) is 6.92 Å². The van der Waals surface area contributed by atoms with Crippen molar-refractivity contribution >= 4 is 35.6 Å². The molecule has 1 atom stereocenters. The van der Waals surface area contributed by atoms with Crippen LogP contribution in [0.4, 0.5) is 0 Å². The maximum absolute atomic E-state index is 12.7. The average molecular weight is 831 g/mol. The molecule has 0 aromatic carbocycles. The second-order valence-electron chi connectivity index (χ2n) is 13.6. The van der Waals surface area contributed by atoms with Crippen molar-refractivity contribution in [1.29, 1.82) is 0 Å². The van der Waals surface area contributed by atoms with Gasteiger partial charge in [-0.25, -0.2) is 14.7 Å². The van der Waals surface area contributed by atoms with Crippen molar-refractivity contribution in [1.82, 2.24) is 20.4 Å². The van der Waals surface area contributed by atoms with Crippen LogP contribution in [0.2, 0.25) is 0 Å². The molecule has 19 heteroatoms. The van der Waals surface area contributed by atoms with Crippen LogP contribution in [0, 0.1) is 0 Å². The molecule has 1 unspecified atom stereocenters. The van der Waals surface area contributed by atoms with E-state index in [1.165, 1.54) is 38.5 Å². The SMILES string of the molecule is CCN(OCCOCC(=O)NCCOCCOCC(=O)On1c(O)ccc1O)C(=O)CCC(NC(=O)CCCCCCCCCCCCCCCCC(=O)O)C(=O)O. The minimum Gasteiger partial charge on any atom is -0.492 e. The highest BCUT2D eigenvalue weighted by molar-refractivity contribution is 5.84. The number of carbonyl (C=O) groups is 6. The summed E-state index contributed by atoms with van der Waals surface area (Å²) in [5.41, 5.74) is 0. The molecular weight excluding hydrogens is 764 g/mol. The number of nitrogens with one attached hydrogen (secondary N) is 2. The Morgan fingerprint density at radius 2 is 1.17 bits per heavy atom. The molecule has 0 aliphatic heterocycles. The van der Waals surface area contributed by atoms with Gasteiger partial charge in [0.05, 0.1) is 33.0 Å². The second kappa shape index (κ2) is 33.5. The fourth-order valence-electron chi connectivity index (χ4n) is 5.62. The molecule has 0 fully saturated rings. The summed E-state index contributed by atoms with van der Waals surface area (Å²) in [6.45, 7) is 1.69. The van der Waals surface area contributed by atoms with Gasteiger partial charge >= 0.3 is 17.9 Å². The monoisotopic (exact) mass is 830 g/mol. The largest absolute Gasteiger partial charge is 0.492 e. The van der Waals surface area contributed by atoms with E-state index in [-0.39, 0.29) is 84.3 Å². The van der Waals surface area contributed by atoms with Gasteiger partial charge in [0, 0.05) is 44.5 Å². The topological polar surface area (TPSA) is 262 Å². The van der Waals surface area contributed by atoms with E-state index < -0.39 is 54.1 Å². The van der Waals surface area contributed by atoms with Crippen LogP contribution < -0.4 is 15.5 Å². The number of aromatic nitrogens is 1. The van der Waals surface area contributed by atoms with Crippen LogP contribution in [0.3, 0.4) is 0 Å². The second-order valence-corrected chi connectivity index (χ2v) is 13.6. The van der Waals surface area contributed by atoms with Crippen LogP contribution in [0.5, 0.6) is 11.8 Å². The molecule has 0 saturated carbocycles. The Morgan fingerprint density at radius 1 is 0.655 bits per heavy atom. The summed E-state index contributed by atoms with van der Waals surface area (Å²) in [5, 5.41) is 43.3. The molecule has 58 heavy (non-hydrogen) atoms. The number of carbonyl (C=O) groups excluding carboxylic acids is 4. The molecule has 19 nitrogen and oxygen atoms in total. The standard InChI is InChI=1S/C39H66N4O15/c1-2-42(57-28-27-55-29-33(45)40-23-24-54-25-26-56-30-38(51)58-43-35(47)21-22-36(43)48)34(46)20-19-31(39(52)53)41-32(44)17-15-13-11-9-7-5-3-4-6-8-10-12-14-16-18-37(49)50/h21-22,31,47-48H,2-20,23-30H2,1H3,(H,40,45)(H,41,44)(H,49,50)(H,52,53). The third kappa shape index (κ3) is 27.2. The van der Waals surface area contributed by atoms with Crippen LogP contribution in [-0.2, 0) is 47.8 Å². The summed E-state index contributed by atoms with van der Waals surface area (Å²) in [5.74, 6) is -4.90. The van der Waals surface area contributed by atoms with Crippen molar-refractivity contribution in [3.8, 4) is 11.8 Å². The van der Waals surface area contributed by atoms with E-state index in [4.69, 9.17) is 29.0 Å². The smallest absolute Gasteiger partial charge is 0.358 e. The summed E-state index contributed by atoms with van der Waals surface area (Å²) < 4.78 is 16.2. The van der Waals surface area contributed by atoms with Gasteiger partial charge in [0.1, 0.15) is 19.3 Å². The first-order valence-electron chi connectivity index (χ1n) is 20.4. The maximum Gasteiger partial charge on any atom is 0.358 e. The van der Waals surface area contributed by atoms with Crippen molar-refractivity contribution in [2.45, 2.75) is 129 Å². The predicted octanol–water partition coefficient (Wildman–Crippen LogP) is 3.48. The predicted molar refractivity (Wildman–Crippen MR) is 208 cm³/mol. The molecule has 1 aromatic rings. The number of aliphatic carboxylic acids is 2. The number of carboxylic acids is 2. The number of aromatic hydroxyl groups is 2. The van der Waals surface area contributed by atoms with Gasteiger partial charge in [-0.1, -0.05) is 77.0 Å². The number of unbranched alkanes of at least 4 members (excludes halogenated alkanes) is 13. The molecule has 0 saturated heterocycles. The third-order valence-corrected chi connectivity index (χ3v) is 8.75. The minimum atomic E-state index is -1.22. The van der Waals surface area contributed by atoms with Crippen molar-refractivity contribution in [3.05, 3.63) is 12.1 Å². The van der Waals surface area contributed by atoms with Gasteiger partial charge in [-0.3, -0.25) is 24.0 Å². The molecule has 0 radical (unpaired) electrons. The molecular formula is C39H66N4O15. The molecule has 332 valence electrons. The summed E-state index contributed by atoms with van der Waals surface area (Å²) in [7, 11) is 0. The Kier molecular flexibility index (Phi) is 29.8. The number of rotatable bonds is 38. The molecule has 1 rings (SSSR count). The zero-order valence-corrected chi connectivity index (χ0v) is 34.0. The van der Waals surface area contributed by atoms with E-state index in [2.05, 4.69) is 10.6 Å². The summed E-state index contributed by atoms with van der Waals surface area (Å²) >= 11 is 0. The molecule has 0 bridgehead atoms. The molecule has 6 N–H and O–H groups in total. The van der Waals surface area contributed by atoms with Gasteiger partial charge in [-0.15, -0.1) is 4.73 Å². The highest BCUT2D eigenvalue weighted by Crippen LogP contribution is 2.18. The Balaban J connectivity index is 2.04. The Bertz CT molecular complexity index is 1310. The number of hydrogen-bond acceptors (Lipinski definition) is 13. The van der Waals surface area contributed by atoms with Gasteiger partial charge in [-0.2, -0.15) is 0 Å². The maximum atomic E-state index is 12.7. The number of hydroxylamine groups is 2. The van der Waals surface area contributed by atoms with Crippen LogP contribution in [0.15, 0.2) is 12.1 Å². The number of carboxylic acid groups (broad SMARTS) is 2. The first kappa shape index (κ1) is 51.6. The Labute approximate surface area is 340 Å². The number of hydrogen-bond donors (Lipinski definition) is 6. The third-order valence-electron chi connectivity index (χ3n) is 8.75. The summed E-state index contributed by atoms with van der Waals surface area (Å²) in [6, 6.07) is 1.09. The fraction of sp³-hybridized carbons (Fsp3) is 0.744. The van der Waals surface area contributed by atoms with E-state index in [1.807, 2.05) is 0 Å². The van der Waals surface area contributed by atoms with E-state index >= 15 is 0 Å². The van der Waals surface area contributed by atoms with Crippen molar-refractivity contribution in [2.24, 2.45) is 0 Å². The highest BCUT2D eigenvalue weighted by Gasteiger charge is 2.23. The van der Waals surface area contributed by atoms with Gasteiger partial charge < -0.3 is 50.1 Å². The Morgan fingerprint density at radius 3 is 1.72 bits per heavy atom. The molecule has 3 amide bonds. The van der Waals surface area contributed by atoms with Crippen molar-refractivity contribution < 1.29 is 73.1 Å². The lowest BCUT2D eigenvalue weighted by molar-refractivity contribution is -0.190. The number of ether oxygens (including phenoxy) is 3. The molecule has 0 aliphatic carbocycles. The van der Waals surface area contributed by atoms with E-state index in [0.29, 0.717) is 11.2 Å². The van der Waals surface area contributed by atoms with Crippen LogP contribution in [0.25, 0.3) is 0 Å². The minimum absolute atomic E-state index is 0.00572. The van der Waals surface area contributed by atoms with Gasteiger partial charge in [0.2, 0.25) is 29.5 Å². The quantitative estimate of drug-likeness (QED) is 0.0412. The normalized spacial score (nSPS) is 11.5. The Hall–Kier alpha value is -4.46. The number of nitrogens with zero attached hydrogens (tertiary/aromatic N) is 2. The zero-order valence-electron chi connectivity index (χ0n) is 34.0. The molecule has 1 heterocycles. The fourth-order valence-corrected chi connectivity index (χ4v) is 5.62. The van der Waals surface area contributed by atoms with Gasteiger partial charge in [-0.05, 0) is 26.2 Å². The van der Waals surface area contributed by atoms with Crippen LogP contribution >= 0.6 is 0 Å². The van der Waals surface area contributed by atoms with Crippen molar-refractivity contribution in [2.75, 3.05) is 59.3 Å².